The molecule has 1 N–H and O–H groups in total. The minimum Gasteiger partial charge on any atom is -0.480 e. The highest BCUT2D eigenvalue weighted by Crippen LogP contribution is 2.41. The van der Waals surface area contributed by atoms with Gasteiger partial charge in [0.15, 0.2) is 0 Å². The number of carbonyl (C=O) groups is 1. The van der Waals surface area contributed by atoms with Crippen molar-refractivity contribution in [3.05, 3.63) is 84.8 Å². The van der Waals surface area contributed by atoms with E-state index in [0.29, 0.717) is 33.7 Å². The summed E-state index contributed by atoms with van der Waals surface area (Å²) in [7, 11) is 0. The van der Waals surface area contributed by atoms with Gasteiger partial charge in [0.25, 0.3) is 0 Å². The van der Waals surface area contributed by atoms with Crippen LogP contribution in [0.5, 0.6) is 0 Å². The number of hydrogen-bond acceptors (Lipinski definition) is 5. The van der Waals surface area contributed by atoms with Crippen molar-refractivity contribution in [2.45, 2.75) is 70.3 Å². The number of thiazole rings is 1. The largest absolute Gasteiger partial charge is 0.480 e. The Kier molecular flexibility index (Phi) is 9.28. The number of carboxylic acids is 1. The predicted molar refractivity (Wildman–Crippen MR) is 172 cm³/mol. The van der Waals surface area contributed by atoms with E-state index in [9.17, 15) is 9.90 Å². The third-order valence-electron chi connectivity index (χ3n) is 9.60. The summed E-state index contributed by atoms with van der Waals surface area (Å²) in [6.45, 7) is 9.18. The number of rotatable bonds is 10. The van der Waals surface area contributed by atoms with Gasteiger partial charge < -0.3 is 10.0 Å². The molecule has 0 amide bonds. The molecule has 3 atom stereocenters. The van der Waals surface area contributed by atoms with Gasteiger partial charge in [-0.15, -0.1) is 11.3 Å². The summed E-state index contributed by atoms with van der Waals surface area (Å²) in [5.74, 6) is 1.29. The minimum atomic E-state index is -0.649. The van der Waals surface area contributed by atoms with Gasteiger partial charge in [-0.2, -0.15) is 0 Å². The smallest absolute Gasteiger partial charge is 0.320 e. The van der Waals surface area contributed by atoms with Crippen LogP contribution in [0, 0.1) is 25.7 Å². The highest BCUT2D eigenvalue weighted by atomic mass is 35.5. The molecule has 0 bridgehead atoms. The predicted octanol–water partition coefficient (Wildman–Crippen LogP) is 7.81. The lowest BCUT2D eigenvalue weighted by Crippen LogP contribution is -2.41. The maximum absolute atomic E-state index is 12.3. The number of benzene rings is 2. The molecule has 3 heterocycles. The molecule has 1 saturated carbocycles. The second-order valence-corrected chi connectivity index (χ2v) is 14.8. The Labute approximate surface area is 263 Å². The molecule has 6 rings (SSSR count). The molecule has 2 aromatic carbocycles. The van der Waals surface area contributed by atoms with Gasteiger partial charge in [0.05, 0.1) is 10.7 Å². The van der Waals surface area contributed by atoms with E-state index in [1.165, 1.54) is 28.8 Å². The molecule has 224 valence electrons. The third-order valence-corrected chi connectivity index (χ3v) is 11.5. The van der Waals surface area contributed by atoms with Gasteiger partial charge >= 0.3 is 5.97 Å². The van der Waals surface area contributed by atoms with Crippen LogP contribution in [0.3, 0.4) is 0 Å². The maximum atomic E-state index is 12.3. The fraction of sp³-hybridized carbons (Fsp3) is 0.529. The summed E-state index contributed by atoms with van der Waals surface area (Å²) in [5.41, 5.74) is 4.85. The number of halogens is 2. The summed E-state index contributed by atoms with van der Waals surface area (Å²) in [5, 5.41) is 12.6. The second kappa shape index (κ2) is 13.0. The van der Waals surface area contributed by atoms with Crippen molar-refractivity contribution >= 4 is 40.5 Å². The van der Waals surface area contributed by atoms with Crippen molar-refractivity contribution < 1.29 is 9.90 Å². The summed E-state index contributed by atoms with van der Waals surface area (Å²) in [6.07, 6.45) is 6.18. The molecular weight excluding hydrogens is 585 g/mol. The molecule has 1 aromatic heterocycles. The van der Waals surface area contributed by atoms with Crippen LogP contribution in [0.2, 0.25) is 10.0 Å². The molecule has 3 unspecified atom stereocenters. The zero-order valence-corrected chi connectivity index (χ0v) is 26.9. The molecule has 8 heteroatoms. The van der Waals surface area contributed by atoms with Gasteiger partial charge in [-0.05, 0) is 87.2 Å². The second-order valence-electron chi connectivity index (χ2n) is 12.8. The number of aromatic nitrogens is 1. The van der Waals surface area contributed by atoms with Crippen molar-refractivity contribution in [3.8, 4) is 0 Å². The SMILES string of the molecule is Cc1cccc(C2CN(C(CC3CC3)C(=O)O)CC2CN2CCC(c3sc(Cc4ccc(Cl)cc4Cl)nc3C)CC2)c1. The van der Waals surface area contributed by atoms with Crippen LogP contribution < -0.4 is 0 Å². The van der Waals surface area contributed by atoms with Crippen molar-refractivity contribution in [3.63, 3.8) is 0 Å². The molecule has 42 heavy (non-hydrogen) atoms. The number of aryl methyl sites for hydroxylation is 2. The van der Waals surface area contributed by atoms with Crippen molar-refractivity contribution in [1.82, 2.24) is 14.8 Å². The van der Waals surface area contributed by atoms with Crippen LogP contribution >= 0.6 is 34.5 Å². The third kappa shape index (κ3) is 7.05. The molecule has 0 radical (unpaired) electrons. The Balaban J connectivity index is 1.11. The summed E-state index contributed by atoms with van der Waals surface area (Å²) < 4.78 is 0. The van der Waals surface area contributed by atoms with Gasteiger partial charge in [-0.3, -0.25) is 9.69 Å². The fourth-order valence-corrected chi connectivity index (χ4v) is 8.89. The minimum absolute atomic E-state index is 0.355. The first-order valence-electron chi connectivity index (χ1n) is 15.4. The van der Waals surface area contributed by atoms with Crippen LogP contribution in [-0.4, -0.2) is 64.6 Å². The first-order chi connectivity index (χ1) is 20.2. The van der Waals surface area contributed by atoms with E-state index in [-0.39, 0.29) is 6.04 Å². The lowest BCUT2D eigenvalue weighted by Gasteiger charge is -2.34. The van der Waals surface area contributed by atoms with Crippen LogP contribution in [-0.2, 0) is 11.2 Å². The number of piperidine rings is 1. The summed E-state index contributed by atoms with van der Waals surface area (Å²) >= 11 is 14.4. The highest BCUT2D eigenvalue weighted by molar-refractivity contribution is 7.11. The van der Waals surface area contributed by atoms with Crippen LogP contribution in [0.15, 0.2) is 42.5 Å². The van der Waals surface area contributed by atoms with Crippen LogP contribution in [0.25, 0.3) is 0 Å². The Morgan fingerprint density at radius 1 is 1.07 bits per heavy atom. The first kappa shape index (κ1) is 30.1. The maximum Gasteiger partial charge on any atom is 0.320 e. The van der Waals surface area contributed by atoms with E-state index < -0.39 is 5.97 Å². The number of aliphatic carboxylic acids is 1. The number of likely N-dealkylation sites (tertiary alicyclic amines) is 2. The van der Waals surface area contributed by atoms with Gasteiger partial charge in [-0.25, -0.2) is 4.98 Å². The normalized spacial score (nSPS) is 23.0. The Morgan fingerprint density at radius 3 is 2.55 bits per heavy atom. The molecule has 0 spiro atoms. The molecule has 2 saturated heterocycles. The van der Waals surface area contributed by atoms with Gasteiger partial charge in [0, 0.05) is 46.9 Å². The molecule has 5 nitrogen and oxygen atoms in total. The van der Waals surface area contributed by atoms with Crippen LogP contribution in [0.4, 0.5) is 0 Å². The number of carboxylic acid groups (broad SMARTS) is 1. The van der Waals surface area contributed by atoms with Gasteiger partial charge in [0.2, 0.25) is 0 Å². The zero-order valence-electron chi connectivity index (χ0n) is 24.6. The number of hydrogen-bond donors (Lipinski definition) is 1. The monoisotopic (exact) mass is 625 g/mol. The lowest BCUT2D eigenvalue weighted by molar-refractivity contribution is -0.143. The molecule has 3 aliphatic rings. The molecule has 3 aromatic rings. The summed E-state index contributed by atoms with van der Waals surface area (Å²) in [6, 6.07) is 14.2. The molecule has 1 aliphatic carbocycles. The van der Waals surface area contributed by atoms with E-state index in [4.69, 9.17) is 28.2 Å². The quantitative estimate of drug-likeness (QED) is 0.249. The van der Waals surface area contributed by atoms with E-state index in [1.807, 2.05) is 23.5 Å². The van der Waals surface area contributed by atoms with E-state index >= 15 is 0 Å². The van der Waals surface area contributed by atoms with Gasteiger partial charge in [0.1, 0.15) is 6.04 Å². The lowest BCUT2D eigenvalue weighted by atomic mass is 9.87. The van der Waals surface area contributed by atoms with E-state index in [1.54, 1.807) is 6.07 Å². The Hall–Kier alpha value is -1.96. The Bertz CT molecular complexity index is 1420. The van der Waals surface area contributed by atoms with Crippen molar-refractivity contribution in [1.29, 1.82) is 0 Å². The first-order valence-corrected chi connectivity index (χ1v) is 17.0. The molecule has 2 aliphatic heterocycles. The van der Waals surface area contributed by atoms with Crippen molar-refractivity contribution in [2.24, 2.45) is 11.8 Å². The highest BCUT2D eigenvalue weighted by Gasteiger charge is 2.42. The summed E-state index contributed by atoms with van der Waals surface area (Å²) in [4.78, 5) is 23.6. The fourth-order valence-electron chi connectivity index (χ4n) is 7.16. The standard InChI is InChI=1S/C34H41Cl2N3O2S/c1-21-4-3-5-25(14-21)29-20-39(31(34(40)41)15-23-6-7-23)19-27(29)18-38-12-10-24(11-13-38)33-22(2)37-32(42-33)16-26-8-9-28(35)17-30(26)36/h3-5,8-9,14,17,23-24,27,29,31H,6-7,10-13,15-16,18-20H2,1-2H3,(H,40,41). The van der Waals surface area contributed by atoms with Crippen LogP contribution in [0.1, 0.15) is 76.2 Å². The van der Waals surface area contributed by atoms with E-state index in [2.05, 4.69) is 47.9 Å². The average molecular weight is 627 g/mol. The topological polar surface area (TPSA) is 56.7 Å². The zero-order chi connectivity index (χ0) is 29.4. The van der Waals surface area contributed by atoms with E-state index in [0.717, 1.165) is 74.7 Å². The molecular formula is C34H41Cl2N3O2S. The Morgan fingerprint density at radius 2 is 1.86 bits per heavy atom. The number of nitrogens with zero attached hydrogens (tertiary/aromatic N) is 3. The average Bonchev–Trinajstić information content (AvgIpc) is 3.58. The van der Waals surface area contributed by atoms with Crippen molar-refractivity contribution in [2.75, 3.05) is 32.7 Å². The van der Waals surface area contributed by atoms with Gasteiger partial charge in [-0.1, -0.05) is 71.9 Å². The molecule has 3 fully saturated rings.